The average molecular weight is 447 g/mol. The van der Waals surface area contributed by atoms with Crippen molar-refractivity contribution in [2.45, 2.75) is 13.5 Å². The molecule has 4 rings (SSSR count). The van der Waals surface area contributed by atoms with Gasteiger partial charge in [0.1, 0.15) is 6.61 Å². The van der Waals surface area contributed by atoms with E-state index in [1.54, 1.807) is 35.6 Å². The zero-order chi connectivity index (χ0) is 23.0. The molecule has 0 unspecified atom stereocenters. The molecule has 0 saturated carbocycles. The number of ether oxygens (including phenoxy) is 1. The minimum atomic E-state index is -0.282. The molecule has 0 spiro atoms. The van der Waals surface area contributed by atoms with Gasteiger partial charge in [0.05, 0.1) is 18.9 Å². The van der Waals surface area contributed by atoms with Gasteiger partial charge in [0, 0.05) is 43.6 Å². The van der Waals surface area contributed by atoms with Gasteiger partial charge < -0.3 is 19.9 Å². The van der Waals surface area contributed by atoms with Crippen molar-refractivity contribution in [1.29, 1.82) is 0 Å². The molecule has 1 N–H and O–H groups in total. The van der Waals surface area contributed by atoms with Crippen LogP contribution in [0.3, 0.4) is 0 Å². The molecule has 9 heteroatoms. The Kier molecular flexibility index (Phi) is 7.09. The number of aromatic nitrogens is 3. The van der Waals surface area contributed by atoms with Crippen LogP contribution in [0.25, 0.3) is 0 Å². The highest BCUT2D eigenvalue weighted by atomic mass is 16.5. The fourth-order valence-electron chi connectivity index (χ4n) is 3.50. The molecule has 1 aliphatic heterocycles. The molecule has 0 atom stereocenters. The summed E-state index contributed by atoms with van der Waals surface area (Å²) >= 11 is 0. The van der Waals surface area contributed by atoms with E-state index in [0.717, 1.165) is 11.3 Å². The van der Waals surface area contributed by atoms with E-state index in [9.17, 15) is 9.59 Å². The normalized spacial score (nSPS) is 13.5. The van der Waals surface area contributed by atoms with Crippen molar-refractivity contribution in [3.8, 4) is 5.75 Å². The maximum Gasteiger partial charge on any atom is 0.251 e. The van der Waals surface area contributed by atoms with Gasteiger partial charge in [0.25, 0.3) is 5.91 Å². The van der Waals surface area contributed by atoms with Crippen molar-refractivity contribution in [2.75, 3.05) is 37.6 Å². The first-order chi connectivity index (χ1) is 16.1. The van der Waals surface area contributed by atoms with E-state index in [0.29, 0.717) is 50.0 Å². The molecule has 1 saturated heterocycles. The quantitative estimate of drug-likeness (QED) is 0.591. The summed E-state index contributed by atoms with van der Waals surface area (Å²) in [6.45, 7) is 4.56. The molecule has 2 aromatic heterocycles. The first kappa shape index (κ1) is 22.2. The summed E-state index contributed by atoms with van der Waals surface area (Å²) < 4.78 is 5.73. The van der Waals surface area contributed by atoms with Crippen LogP contribution in [0.1, 0.15) is 21.6 Å². The predicted octanol–water partition coefficient (Wildman–Crippen LogP) is 1.84. The van der Waals surface area contributed by atoms with Crippen molar-refractivity contribution < 1.29 is 14.3 Å². The molecule has 1 aromatic carbocycles. The first-order valence-corrected chi connectivity index (χ1v) is 10.8. The number of carbonyl (C=O) groups excluding carboxylic acids is 2. The lowest BCUT2D eigenvalue weighted by molar-refractivity contribution is -0.130. The van der Waals surface area contributed by atoms with Crippen LogP contribution in [0, 0.1) is 6.92 Å². The molecule has 1 fully saturated rings. The molecule has 1 aliphatic rings. The Morgan fingerprint density at radius 2 is 1.73 bits per heavy atom. The zero-order valence-electron chi connectivity index (χ0n) is 18.5. The Morgan fingerprint density at radius 3 is 2.42 bits per heavy atom. The summed E-state index contributed by atoms with van der Waals surface area (Å²) in [6.07, 6.45) is 4.91. The van der Waals surface area contributed by atoms with Gasteiger partial charge in [-0.2, -0.15) is 0 Å². The number of hydrogen-bond acceptors (Lipinski definition) is 7. The topological polar surface area (TPSA) is 101 Å². The van der Waals surface area contributed by atoms with Crippen molar-refractivity contribution in [1.82, 2.24) is 25.2 Å². The van der Waals surface area contributed by atoms with Crippen molar-refractivity contribution in [2.24, 2.45) is 0 Å². The van der Waals surface area contributed by atoms with E-state index in [-0.39, 0.29) is 18.4 Å². The molecule has 170 valence electrons. The highest BCUT2D eigenvalue weighted by Gasteiger charge is 2.23. The number of nitrogens with zero attached hydrogens (tertiary/aromatic N) is 5. The van der Waals surface area contributed by atoms with Gasteiger partial charge in [-0.05, 0) is 24.6 Å². The van der Waals surface area contributed by atoms with Crippen LogP contribution in [0.15, 0.2) is 61.1 Å². The Labute approximate surface area is 192 Å². The van der Waals surface area contributed by atoms with Crippen LogP contribution in [0.2, 0.25) is 0 Å². The smallest absolute Gasteiger partial charge is 0.251 e. The van der Waals surface area contributed by atoms with Gasteiger partial charge in [-0.1, -0.05) is 30.3 Å². The summed E-state index contributed by atoms with van der Waals surface area (Å²) in [4.78, 5) is 41.4. The number of rotatable bonds is 7. The predicted molar refractivity (Wildman–Crippen MR) is 123 cm³/mol. The number of aryl methyl sites for hydroxylation is 1. The third kappa shape index (κ3) is 6.03. The Bertz CT molecular complexity index is 1080. The standard InChI is InChI=1S/C24H26N6O3/c1-18-13-20(7-8-25-18)23(32)26-16-22(31)29-9-11-30(12-10-29)24-27-14-21(15-28-24)33-17-19-5-3-2-4-6-19/h2-8,13-15H,9-12,16-17H2,1H3,(H,26,32). The minimum absolute atomic E-state index is 0.0375. The van der Waals surface area contributed by atoms with Crippen LogP contribution >= 0.6 is 0 Å². The molecular weight excluding hydrogens is 420 g/mol. The third-order valence-corrected chi connectivity index (χ3v) is 5.34. The second-order valence-electron chi connectivity index (χ2n) is 7.73. The number of nitrogens with one attached hydrogen (secondary N) is 1. The fraction of sp³-hybridized carbons (Fsp3) is 0.292. The van der Waals surface area contributed by atoms with Gasteiger partial charge >= 0.3 is 0 Å². The van der Waals surface area contributed by atoms with Crippen LogP contribution in [-0.4, -0.2) is 64.4 Å². The maximum atomic E-state index is 12.5. The molecule has 2 amide bonds. The van der Waals surface area contributed by atoms with E-state index < -0.39 is 0 Å². The van der Waals surface area contributed by atoms with Gasteiger partial charge in [0.15, 0.2) is 5.75 Å². The molecule has 33 heavy (non-hydrogen) atoms. The summed E-state index contributed by atoms with van der Waals surface area (Å²) in [5, 5.41) is 2.69. The number of pyridine rings is 1. The number of amides is 2. The van der Waals surface area contributed by atoms with E-state index in [1.165, 1.54) is 0 Å². The zero-order valence-corrected chi connectivity index (χ0v) is 18.5. The van der Waals surface area contributed by atoms with Gasteiger partial charge in [0.2, 0.25) is 11.9 Å². The lowest BCUT2D eigenvalue weighted by atomic mass is 10.2. The Morgan fingerprint density at radius 1 is 1.00 bits per heavy atom. The highest BCUT2D eigenvalue weighted by Crippen LogP contribution is 2.15. The van der Waals surface area contributed by atoms with Crippen LogP contribution in [-0.2, 0) is 11.4 Å². The lowest BCUT2D eigenvalue weighted by Crippen LogP contribution is -2.51. The van der Waals surface area contributed by atoms with Crippen molar-refractivity contribution in [3.63, 3.8) is 0 Å². The number of piperazine rings is 1. The van der Waals surface area contributed by atoms with E-state index in [4.69, 9.17) is 4.74 Å². The average Bonchev–Trinajstić information content (AvgIpc) is 2.87. The first-order valence-electron chi connectivity index (χ1n) is 10.8. The fourth-order valence-corrected chi connectivity index (χ4v) is 3.50. The number of anilines is 1. The summed E-state index contributed by atoms with van der Waals surface area (Å²) in [5.74, 6) is 0.821. The van der Waals surface area contributed by atoms with Gasteiger partial charge in [-0.25, -0.2) is 9.97 Å². The van der Waals surface area contributed by atoms with E-state index >= 15 is 0 Å². The molecule has 3 aromatic rings. The number of hydrogen-bond donors (Lipinski definition) is 1. The molecular formula is C24H26N6O3. The van der Waals surface area contributed by atoms with Crippen molar-refractivity contribution >= 4 is 17.8 Å². The van der Waals surface area contributed by atoms with Gasteiger partial charge in [-0.3, -0.25) is 14.6 Å². The molecule has 0 aliphatic carbocycles. The summed E-state index contributed by atoms with van der Waals surface area (Å²) in [5.41, 5.74) is 2.33. The van der Waals surface area contributed by atoms with Crippen LogP contribution in [0.4, 0.5) is 5.95 Å². The molecule has 0 bridgehead atoms. The molecule has 3 heterocycles. The minimum Gasteiger partial charge on any atom is -0.486 e. The second kappa shape index (κ2) is 10.5. The Hall–Kier alpha value is -4.01. The monoisotopic (exact) mass is 446 g/mol. The summed E-state index contributed by atoms with van der Waals surface area (Å²) in [6, 6.07) is 13.2. The molecule has 0 radical (unpaired) electrons. The second-order valence-corrected chi connectivity index (χ2v) is 7.73. The number of carbonyl (C=O) groups is 2. The van der Waals surface area contributed by atoms with Crippen molar-refractivity contribution in [3.05, 3.63) is 77.9 Å². The number of benzene rings is 1. The van der Waals surface area contributed by atoms with E-state index in [2.05, 4.69) is 20.3 Å². The van der Waals surface area contributed by atoms with Gasteiger partial charge in [-0.15, -0.1) is 0 Å². The summed E-state index contributed by atoms with van der Waals surface area (Å²) in [7, 11) is 0. The van der Waals surface area contributed by atoms with Crippen LogP contribution in [0.5, 0.6) is 5.75 Å². The maximum absolute atomic E-state index is 12.5. The molecule has 9 nitrogen and oxygen atoms in total. The SMILES string of the molecule is Cc1cc(C(=O)NCC(=O)N2CCN(c3ncc(OCc4ccccc4)cn3)CC2)ccn1. The highest BCUT2D eigenvalue weighted by molar-refractivity contribution is 5.96. The van der Waals surface area contributed by atoms with E-state index in [1.807, 2.05) is 42.2 Å². The van der Waals surface area contributed by atoms with Crippen LogP contribution < -0.4 is 15.0 Å². The Balaban J connectivity index is 1.22. The largest absolute Gasteiger partial charge is 0.486 e. The lowest BCUT2D eigenvalue weighted by Gasteiger charge is -2.34. The third-order valence-electron chi connectivity index (χ3n) is 5.34.